The Balaban J connectivity index is 1.66. The van der Waals surface area contributed by atoms with Crippen LogP contribution in [0.2, 0.25) is 0 Å². The van der Waals surface area contributed by atoms with E-state index in [2.05, 4.69) is 36.2 Å². The summed E-state index contributed by atoms with van der Waals surface area (Å²) in [5, 5.41) is 21.1. The van der Waals surface area contributed by atoms with Crippen molar-refractivity contribution in [2.75, 3.05) is 19.6 Å². The number of carbonyl (C=O) groups excluding carboxylic acids is 2. The molecule has 0 saturated carbocycles. The Morgan fingerprint density at radius 3 is 1.86 bits per heavy atom. The number of hydroxylamine groups is 1. The molecule has 1 fully saturated rings. The molecule has 0 bridgehead atoms. The second-order valence-corrected chi connectivity index (χ2v) is 13.6. The second-order valence-electron chi connectivity index (χ2n) is 13.6. The molecular formula is C40H63N3O6. The van der Waals surface area contributed by atoms with Crippen LogP contribution in [-0.2, 0) is 32.2 Å². The number of ether oxygens (including phenoxy) is 2. The van der Waals surface area contributed by atoms with Gasteiger partial charge in [-0.1, -0.05) is 127 Å². The molecule has 1 aliphatic rings. The summed E-state index contributed by atoms with van der Waals surface area (Å²) in [5.74, 6) is -0.636. The quantitative estimate of drug-likeness (QED) is 0.0476. The fourth-order valence-electron chi connectivity index (χ4n) is 6.39. The number of nitrogens with one attached hydrogen (secondary N) is 2. The largest absolute Gasteiger partial charge is 0.392 e. The van der Waals surface area contributed by atoms with Gasteiger partial charge in [0.2, 0.25) is 11.8 Å². The summed E-state index contributed by atoms with van der Waals surface area (Å²) >= 11 is 0. The highest BCUT2D eigenvalue weighted by atomic mass is 16.7. The molecular weight excluding hydrogens is 618 g/mol. The minimum atomic E-state index is -0.521. The van der Waals surface area contributed by atoms with Gasteiger partial charge in [0.15, 0.2) is 6.29 Å². The van der Waals surface area contributed by atoms with E-state index < -0.39 is 12.2 Å². The van der Waals surface area contributed by atoms with Crippen molar-refractivity contribution in [3.05, 3.63) is 70.8 Å². The van der Waals surface area contributed by atoms with Gasteiger partial charge in [-0.25, -0.2) is 5.48 Å². The lowest BCUT2D eigenvalue weighted by Gasteiger charge is -2.38. The Morgan fingerprint density at radius 2 is 1.27 bits per heavy atom. The zero-order chi connectivity index (χ0) is 35.1. The standard InChI is InChI=1S/C40H63N3O6/c1-3-5-7-9-11-13-26-43(27-14-12-10-8-6-4-2)30-36-28-37(34-22-20-33(31-44)21-23-34)49-40(48-36)35-24-18-32(19-25-35)29-41-38(45)16-15-17-39(46)42-47/h18-25,36-37,40,44,47H,3-17,26-31H2,1-2H3,(H,41,45)(H,42,46)/t36-,37+,40+/m1/s1. The molecule has 9 heteroatoms. The second kappa shape index (κ2) is 24.3. The summed E-state index contributed by atoms with van der Waals surface area (Å²) in [7, 11) is 0. The SMILES string of the molecule is CCCCCCCCN(CCCCCCCC)C[C@H]1C[C@@H](c2ccc(CO)cc2)O[C@@H](c2ccc(CNC(=O)CCCC(=O)NO)cc2)O1. The molecule has 2 aromatic carbocycles. The maximum Gasteiger partial charge on any atom is 0.243 e. The van der Waals surface area contributed by atoms with Crippen molar-refractivity contribution >= 4 is 11.8 Å². The molecule has 49 heavy (non-hydrogen) atoms. The molecule has 2 amide bonds. The number of carbonyl (C=O) groups is 2. The molecule has 4 N–H and O–H groups in total. The van der Waals surface area contributed by atoms with Crippen LogP contribution in [-0.4, -0.2) is 52.8 Å². The first-order valence-corrected chi connectivity index (χ1v) is 19.0. The van der Waals surface area contributed by atoms with Gasteiger partial charge in [0.25, 0.3) is 0 Å². The minimum Gasteiger partial charge on any atom is -0.392 e. The van der Waals surface area contributed by atoms with Crippen LogP contribution in [0.3, 0.4) is 0 Å². The monoisotopic (exact) mass is 681 g/mol. The molecule has 0 unspecified atom stereocenters. The molecule has 1 heterocycles. The van der Waals surface area contributed by atoms with Crippen LogP contribution in [0.15, 0.2) is 48.5 Å². The van der Waals surface area contributed by atoms with Crippen molar-refractivity contribution < 1.29 is 29.4 Å². The van der Waals surface area contributed by atoms with Crippen LogP contribution in [0.5, 0.6) is 0 Å². The molecule has 1 aliphatic heterocycles. The fourth-order valence-corrected chi connectivity index (χ4v) is 6.39. The Hall–Kier alpha value is -2.82. The highest BCUT2D eigenvalue weighted by molar-refractivity contribution is 5.78. The van der Waals surface area contributed by atoms with E-state index in [1.807, 2.05) is 36.4 Å². The van der Waals surface area contributed by atoms with E-state index in [1.54, 1.807) is 5.48 Å². The number of aliphatic hydroxyl groups excluding tert-OH is 1. The van der Waals surface area contributed by atoms with Crippen LogP contribution in [0.1, 0.15) is 151 Å². The molecule has 0 spiro atoms. The number of rotatable bonds is 25. The van der Waals surface area contributed by atoms with Crippen LogP contribution < -0.4 is 10.8 Å². The van der Waals surface area contributed by atoms with E-state index in [0.717, 1.165) is 48.3 Å². The van der Waals surface area contributed by atoms with Gasteiger partial charge in [-0.05, 0) is 49.0 Å². The summed E-state index contributed by atoms with van der Waals surface area (Å²) < 4.78 is 13.3. The van der Waals surface area contributed by atoms with Gasteiger partial charge >= 0.3 is 0 Å². The van der Waals surface area contributed by atoms with Crippen molar-refractivity contribution in [1.29, 1.82) is 0 Å². The summed E-state index contributed by atoms with van der Waals surface area (Å²) in [6, 6.07) is 16.0. The normalized spacial score (nSPS) is 17.7. The number of hydrogen-bond acceptors (Lipinski definition) is 7. The van der Waals surface area contributed by atoms with Crippen molar-refractivity contribution in [3.8, 4) is 0 Å². The molecule has 2 aromatic rings. The van der Waals surface area contributed by atoms with Crippen LogP contribution in [0.25, 0.3) is 0 Å². The molecule has 3 atom stereocenters. The van der Waals surface area contributed by atoms with Crippen LogP contribution in [0.4, 0.5) is 0 Å². The Bertz CT molecular complexity index is 1160. The van der Waals surface area contributed by atoms with Crippen LogP contribution in [0, 0.1) is 0 Å². The van der Waals surface area contributed by atoms with Gasteiger partial charge in [-0.2, -0.15) is 0 Å². The first-order valence-electron chi connectivity index (χ1n) is 19.0. The van der Waals surface area contributed by atoms with Gasteiger partial charge in [-0.3, -0.25) is 14.8 Å². The van der Waals surface area contributed by atoms with Gasteiger partial charge < -0.3 is 24.8 Å². The lowest BCUT2D eigenvalue weighted by atomic mass is 9.99. The van der Waals surface area contributed by atoms with Crippen molar-refractivity contribution in [2.24, 2.45) is 0 Å². The third kappa shape index (κ3) is 16.2. The first-order chi connectivity index (χ1) is 23.9. The van der Waals surface area contributed by atoms with E-state index >= 15 is 0 Å². The Morgan fingerprint density at radius 1 is 0.714 bits per heavy atom. The zero-order valence-electron chi connectivity index (χ0n) is 30.2. The maximum atomic E-state index is 12.2. The maximum absolute atomic E-state index is 12.2. The number of nitrogens with zero attached hydrogens (tertiary/aromatic N) is 1. The van der Waals surface area contributed by atoms with Crippen LogP contribution >= 0.6 is 0 Å². The van der Waals surface area contributed by atoms with Crippen molar-refractivity contribution in [1.82, 2.24) is 15.7 Å². The molecule has 0 radical (unpaired) electrons. The number of unbranched alkanes of at least 4 members (excludes halogenated alkanes) is 10. The number of amides is 2. The summed E-state index contributed by atoms with van der Waals surface area (Å²) in [6.45, 7) is 7.99. The highest BCUT2D eigenvalue weighted by Gasteiger charge is 2.33. The summed E-state index contributed by atoms with van der Waals surface area (Å²) in [4.78, 5) is 26.0. The third-order valence-corrected chi connectivity index (χ3v) is 9.41. The lowest BCUT2D eigenvalue weighted by molar-refractivity contribution is -0.253. The minimum absolute atomic E-state index is 0.00771. The van der Waals surface area contributed by atoms with Gasteiger partial charge in [0.05, 0.1) is 18.8 Å². The highest BCUT2D eigenvalue weighted by Crippen LogP contribution is 2.38. The van der Waals surface area contributed by atoms with Gasteiger partial charge in [0.1, 0.15) is 0 Å². The molecule has 0 aliphatic carbocycles. The van der Waals surface area contributed by atoms with E-state index in [0.29, 0.717) is 13.0 Å². The molecule has 274 valence electrons. The van der Waals surface area contributed by atoms with E-state index in [4.69, 9.17) is 14.7 Å². The fraction of sp³-hybridized carbons (Fsp3) is 0.650. The zero-order valence-corrected chi connectivity index (χ0v) is 30.2. The van der Waals surface area contributed by atoms with E-state index in [-0.39, 0.29) is 37.6 Å². The summed E-state index contributed by atoms with van der Waals surface area (Å²) in [5.41, 5.74) is 5.45. The third-order valence-electron chi connectivity index (χ3n) is 9.41. The molecule has 1 saturated heterocycles. The average Bonchev–Trinajstić information content (AvgIpc) is 3.13. The smallest absolute Gasteiger partial charge is 0.243 e. The van der Waals surface area contributed by atoms with E-state index in [1.165, 1.54) is 77.0 Å². The first kappa shape index (κ1) is 40.6. The van der Waals surface area contributed by atoms with Crippen molar-refractivity contribution in [3.63, 3.8) is 0 Å². The number of hydrogen-bond donors (Lipinski definition) is 4. The molecule has 9 nitrogen and oxygen atoms in total. The lowest BCUT2D eigenvalue weighted by Crippen LogP contribution is -2.40. The van der Waals surface area contributed by atoms with Gasteiger partial charge in [0, 0.05) is 37.9 Å². The van der Waals surface area contributed by atoms with Gasteiger partial charge in [-0.15, -0.1) is 0 Å². The van der Waals surface area contributed by atoms with Crippen molar-refractivity contribution in [2.45, 2.75) is 148 Å². The Labute approximate surface area is 295 Å². The predicted octanol–water partition coefficient (Wildman–Crippen LogP) is 8.04. The Kier molecular flexibility index (Phi) is 20.2. The summed E-state index contributed by atoms with van der Waals surface area (Å²) in [6.07, 6.45) is 16.2. The topological polar surface area (TPSA) is 120 Å². The molecule has 3 rings (SSSR count). The number of benzene rings is 2. The predicted molar refractivity (Wildman–Crippen MR) is 194 cm³/mol. The average molecular weight is 682 g/mol. The molecule has 0 aromatic heterocycles. The number of aliphatic hydroxyl groups is 1. The van der Waals surface area contributed by atoms with E-state index in [9.17, 15) is 14.7 Å².